The number of carbonyl (C=O) groups excluding carboxylic acids is 3. The van der Waals surface area contributed by atoms with E-state index in [0.717, 1.165) is 5.56 Å². The Hall–Kier alpha value is -2.67. The van der Waals surface area contributed by atoms with Gasteiger partial charge in [-0.2, -0.15) is 0 Å². The molecule has 0 radical (unpaired) electrons. The van der Waals surface area contributed by atoms with E-state index in [1.165, 1.54) is 0 Å². The van der Waals surface area contributed by atoms with Gasteiger partial charge in [0, 0.05) is 12.6 Å². The fourth-order valence-corrected chi connectivity index (χ4v) is 3.90. The van der Waals surface area contributed by atoms with Crippen LogP contribution in [-0.2, 0) is 25.5 Å². The second-order valence-corrected chi connectivity index (χ2v) is 10.8. The Balaban J connectivity index is 3.23. The zero-order chi connectivity index (χ0) is 27.0. The number of hydrogen-bond donors (Lipinski definition) is 2. The zero-order valence-corrected chi connectivity index (χ0v) is 23.2. The molecule has 0 spiro atoms. The smallest absolute Gasteiger partial charge is 0.333 e. The summed E-state index contributed by atoms with van der Waals surface area (Å²) in [6.07, 6.45) is 2.25. The highest BCUT2D eigenvalue weighted by molar-refractivity contribution is 5.93. The summed E-state index contributed by atoms with van der Waals surface area (Å²) in [6.45, 7) is 15.4. The summed E-state index contributed by atoms with van der Waals surface area (Å²) in [5.74, 6) is -0.809. The number of esters is 1. The molecule has 2 amide bonds. The summed E-state index contributed by atoms with van der Waals surface area (Å²) in [5.41, 5.74) is 0.0348. The number of benzene rings is 1. The molecular weight excluding hydrogens is 442 g/mol. The van der Waals surface area contributed by atoms with Gasteiger partial charge in [0.05, 0.1) is 18.2 Å². The molecule has 0 heterocycles. The third-order valence-electron chi connectivity index (χ3n) is 6.34. The van der Waals surface area contributed by atoms with Crippen molar-refractivity contribution in [3.05, 3.63) is 47.5 Å². The van der Waals surface area contributed by atoms with Gasteiger partial charge in [-0.25, -0.2) is 4.79 Å². The average molecular weight is 488 g/mol. The number of carbonyl (C=O) groups is 3. The molecule has 0 fully saturated rings. The van der Waals surface area contributed by atoms with Crippen molar-refractivity contribution in [1.82, 2.24) is 15.5 Å². The molecule has 2 unspecified atom stereocenters. The van der Waals surface area contributed by atoms with E-state index in [0.29, 0.717) is 12.0 Å². The molecule has 35 heavy (non-hydrogen) atoms. The van der Waals surface area contributed by atoms with Crippen molar-refractivity contribution < 1.29 is 19.1 Å². The number of nitrogens with one attached hydrogen (secondary N) is 2. The zero-order valence-electron chi connectivity index (χ0n) is 23.2. The number of ether oxygens (including phenoxy) is 1. The number of nitrogens with zero attached hydrogens (tertiary/aromatic N) is 1. The molecule has 0 aliphatic carbocycles. The molecule has 0 aromatic heterocycles. The molecule has 1 rings (SSSR count). The maximum Gasteiger partial charge on any atom is 0.333 e. The van der Waals surface area contributed by atoms with Gasteiger partial charge in [0.25, 0.3) is 0 Å². The SMILES string of the molecule is CCOC(=O)/C(C)=C/[C@H](C(C)C)N(C)C(=O)C(NC(=O)C(C)(Cc1ccccc1)NC)C(C)(C)C. The van der Waals surface area contributed by atoms with Gasteiger partial charge in [0.1, 0.15) is 6.04 Å². The number of amides is 2. The predicted molar refractivity (Wildman–Crippen MR) is 141 cm³/mol. The number of likely N-dealkylation sites (N-methyl/N-ethyl adjacent to an activating group) is 2. The minimum Gasteiger partial charge on any atom is -0.463 e. The van der Waals surface area contributed by atoms with Crippen LogP contribution in [0.5, 0.6) is 0 Å². The molecule has 0 aliphatic heterocycles. The standard InChI is InChI=1S/C28H45N3O4/c1-11-35-25(33)20(4)17-22(19(2)3)31(10)24(32)23(27(5,6)7)30-26(34)28(8,29-9)18-21-15-13-12-14-16-21/h12-17,19,22-23,29H,11,18H2,1-10H3,(H,30,34)/b20-17+/t22-,23?,28?/m1/s1. The van der Waals surface area contributed by atoms with E-state index >= 15 is 0 Å². The van der Waals surface area contributed by atoms with Gasteiger partial charge in [0.15, 0.2) is 0 Å². The highest BCUT2D eigenvalue weighted by atomic mass is 16.5. The highest BCUT2D eigenvalue weighted by Gasteiger charge is 2.41. The largest absolute Gasteiger partial charge is 0.463 e. The van der Waals surface area contributed by atoms with Crippen molar-refractivity contribution in [1.29, 1.82) is 0 Å². The minimum atomic E-state index is -0.901. The maximum absolute atomic E-state index is 13.8. The Morgan fingerprint density at radius 1 is 1.09 bits per heavy atom. The van der Waals surface area contributed by atoms with E-state index in [-0.39, 0.29) is 30.4 Å². The molecule has 1 aromatic carbocycles. The number of rotatable bonds is 11. The van der Waals surface area contributed by atoms with Crippen molar-refractivity contribution in [2.45, 2.75) is 79.4 Å². The van der Waals surface area contributed by atoms with Crippen LogP contribution >= 0.6 is 0 Å². The Kier molecular flexibility index (Phi) is 11.2. The number of hydrogen-bond acceptors (Lipinski definition) is 5. The van der Waals surface area contributed by atoms with Gasteiger partial charge in [-0.1, -0.05) is 71.0 Å². The lowest BCUT2D eigenvalue weighted by Gasteiger charge is -2.39. The fraction of sp³-hybridized carbons (Fsp3) is 0.607. The van der Waals surface area contributed by atoms with E-state index in [9.17, 15) is 14.4 Å². The fourth-order valence-electron chi connectivity index (χ4n) is 3.90. The Labute approximate surface area is 211 Å². The summed E-state index contributed by atoms with van der Waals surface area (Å²) >= 11 is 0. The lowest BCUT2D eigenvalue weighted by Crippen LogP contribution is -2.63. The molecule has 7 nitrogen and oxygen atoms in total. The Morgan fingerprint density at radius 3 is 2.11 bits per heavy atom. The molecule has 2 N–H and O–H groups in total. The highest BCUT2D eigenvalue weighted by Crippen LogP contribution is 2.25. The van der Waals surface area contributed by atoms with Crippen molar-refractivity contribution in [2.24, 2.45) is 11.3 Å². The van der Waals surface area contributed by atoms with Crippen LogP contribution in [0.2, 0.25) is 0 Å². The van der Waals surface area contributed by atoms with Crippen molar-refractivity contribution in [3.63, 3.8) is 0 Å². The molecule has 0 saturated heterocycles. The molecule has 0 aliphatic rings. The van der Waals surface area contributed by atoms with E-state index in [2.05, 4.69) is 10.6 Å². The lowest BCUT2D eigenvalue weighted by molar-refractivity contribution is -0.141. The summed E-state index contributed by atoms with van der Waals surface area (Å²) in [5, 5.41) is 6.18. The Bertz CT molecular complexity index is 889. The summed E-state index contributed by atoms with van der Waals surface area (Å²) < 4.78 is 5.10. The topological polar surface area (TPSA) is 87.7 Å². The summed E-state index contributed by atoms with van der Waals surface area (Å²) in [7, 11) is 3.47. The normalized spacial score (nSPS) is 15.7. The van der Waals surface area contributed by atoms with Crippen molar-refractivity contribution >= 4 is 17.8 Å². The van der Waals surface area contributed by atoms with Crippen LogP contribution in [0.3, 0.4) is 0 Å². The first-order valence-electron chi connectivity index (χ1n) is 12.3. The van der Waals surface area contributed by atoms with E-state index in [1.807, 2.05) is 71.9 Å². The van der Waals surface area contributed by atoms with Gasteiger partial charge in [-0.3, -0.25) is 9.59 Å². The first-order valence-corrected chi connectivity index (χ1v) is 12.3. The predicted octanol–water partition coefficient (Wildman–Crippen LogP) is 3.73. The van der Waals surface area contributed by atoms with E-state index in [1.54, 1.807) is 38.9 Å². The second kappa shape index (κ2) is 12.9. The van der Waals surface area contributed by atoms with Gasteiger partial charge in [0.2, 0.25) is 11.8 Å². The van der Waals surface area contributed by atoms with Gasteiger partial charge < -0.3 is 20.3 Å². The van der Waals surface area contributed by atoms with E-state index < -0.39 is 23.0 Å². The van der Waals surface area contributed by atoms with Crippen LogP contribution in [0.4, 0.5) is 0 Å². The molecule has 7 heteroatoms. The van der Waals surface area contributed by atoms with Crippen LogP contribution in [0.15, 0.2) is 42.0 Å². The van der Waals surface area contributed by atoms with Crippen LogP contribution in [-0.4, -0.2) is 61.0 Å². The third kappa shape index (κ3) is 8.49. The monoisotopic (exact) mass is 487 g/mol. The van der Waals surface area contributed by atoms with Crippen molar-refractivity contribution in [2.75, 3.05) is 20.7 Å². The molecule has 3 atom stereocenters. The quantitative estimate of drug-likeness (QED) is 0.367. The summed E-state index contributed by atoms with van der Waals surface area (Å²) in [6, 6.07) is 8.68. The first kappa shape index (κ1) is 30.4. The molecule has 1 aromatic rings. The molecular formula is C28H45N3O4. The maximum atomic E-state index is 13.8. The van der Waals surface area contributed by atoms with Crippen LogP contribution in [0, 0.1) is 11.3 Å². The van der Waals surface area contributed by atoms with Crippen LogP contribution in [0.1, 0.15) is 61.0 Å². The van der Waals surface area contributed by atoms with Crippen molar-refractivity contribution in [3.8, 4) is 0 Å². The van der Waals surface area contributed by atoms with Gasteiger partial charge in [-0.15, -0.1) is 0 Å². The lowest BCUT2D eigenvalue weighted by atomic mass is 9.83. The second-order valence-electron chi connectivity index (χ2n) is 10.8. The molecule has 196 valence electrons. The molecule has 0 bridgehead atoms. The molecule has 0 saturated carbocycles. The minimum absolute atomic E-state index is 0.0466. The Morgan fingerprint density at radius 2 is 1.66 bits per heavy atom. The average Bonchev–Trinajstić information content (AvgIpc) is 2.79. The first-order chi connectivity index (χ1) is 16.2. The third-order valence-corrected chi connectivity index (χ3v) is 6.34. The van der Waals surface area contributed by atoms with Gasteiger partial charge >= 0.3 is 5.97 Å². The summed E-state index contributed by atoms with van der Waals surface area (Å²) in [4.78, 5) is 41.1. The van der Waals surface area contributed by atoms with Gasteiger partial charge in [-0.05, 0) is 51.1 Å². The van der Waals surface area contributed by atoms with Crippen LogP contribution in [0.25, 0.3) is 0 Å². The van der Waals surface area contributed by atoms with Crippen LogP contribution < -0.4 is 10.6 Å². The van der Waals surface area contributed by atoms with E-state index in [4.69, 9.17) is 4.74 Å².